The number of thiazole rings is 1. The molecular formula is C11H14N4OS. The standard InChI is InChI=1S/C11H14N4OS/c1-2-5-16-10-3-4-12-11(15-10)13-6-9-7-17-8-14-9/h3-4,7-8H,2,5-6H2,1H3,(H,12,13,15). The Morgan fingerprint density at radius 3 is 3.12 bits per heavy atom. The van der Waals surface area contributed by atoms with Crippen LogP contribution >= 0.6 is 11.3 Å². The second-order valence-electron chi connectivity index (χ2n) is 3.40. The minimum Gasteiger partial charge on any atom is -0.478 e. The maximum Gasteiger partial charge on any atom is 0.226 e. The summed E-state index contributed by atoms with van der Waals surface area (Å²) in [5.41, 5.74) is 2.79. The van der Waals surface area contributed by atoms with Crippen molar-refractivity contribution < 1.29 is 4.74 Å². The average Bonchev–Trinajstić information content (AvgIpc) is 2.87. The lowest BCUT2D eigenvalue weighted by molar-refractivity contribution is 0.305. The van der Waals surface area contributed by atoms with Gasteiger partial charge in [0.15, 0.2) is 0 Å². The Bertz CT molecular complexity index is 446. The van der Waals surface area contributed by atoms with E-state index in [0.717, 1.165) is 12.1 Å². The second kappa shape index (κ2) is 6.15. The van der Waals surface area contributed by atoms with Crippen molar-refractivity contribution >= 4 is 17.3 Å². The van der Waals surface area contributed by atoms with Gasteiger partial charge in [0.1, 0.15) is 0 Å². The Hall–Kier alpha value is -1.69. The molecule has 0 spiro atoms. The molecule has 1 N–H and O–H groups in total. The van der Waals surface area contributed by atoms with Crippen LogP contribution in [0.4, 0.5) is 5.95 Å². The highest BCUT2D eigenvalue weighted by Gasteiger charge is 2.00. The molecule has 17 heavy (non-hydrogen) atoms. The van der Waals surface area contributed by atoms with Gasteiger partial charge in [-0.2, -0.15) is 4.98 Å². The maximum atomic E-state index is 5.43. The van der Waals surface area contributed by atoms with Crippen molar-refractivity contribution in [3.63, 3.8) is 0 Å². The second-order valence-corrected chi connectivity index (χ2v) is 4.12. The van der Waals surface area contributed by atoms with Crippen molar-refractivity contribution in [3.8, 4) is 5.88 Å². The van der Waals surface area contributed by atoms with E-state index < -0.39 is 0 Å². The van der Waals surface area contributed by atoms with Crippen LogP contribution in [0.1, 0.15) is 19.0 Å². The molecule has 0 aliphatic carbocycles. The lowest BCUT2D eigenvalue weighted by Crippen LogP contribution is -2.05. The third-order valence-electron chi connectivity index (χ3n) is 2.00. The van der Waals surface area contributed by atoms with E-state index in [-0.39, 0.29) is 0 Å². The van der Waals surface area contributed by atoms with Gasteiger partial charge in [-0.15, -0.1) is 11.3 Å². The highest BCUT2D eigenvalue weighted by Crippen LogP contribution is 2.10. The van der Waals surface area contributed by atoms with Gasteiger partial charge >= 0.3 is 0 Å². The molecule has 90 valence electrons. The summed E-state index contributed by atoms with van der Waals surface area (Å²) in [7, 11) is 0. The van der Waals surface area contributed by atoms with Gasteiger partial charge in [0.05, 0.1) is 24.4 Å². The first-order chi connectivity index (χ1) is 8.38. The van der Waals surface area contributed by atoms with E-state index in [1.165, 1.54) is 0 Å². The fraction of sp³-hybridized carbons (Fsp3) is 0.364. The Kier molecular flexibility index (Phi) is 4.26. The first-order valence-corrected chi connectivity index (χ1v) is 6.39. The van der Waals surface area contributed by atoms with Crippen molar-refractivity contribution in [1.82, 2.24) is 15.0 Å². The summed E-state index contributed by atoms with van der Waals surface area (Å²) in [5.74, 6) is 1.16. The van der Waals surface area contributed by atoms with Crippen molar-refractivity contribution in [2.45, 2.75) is 19.9 Å². The largest absolute Gasteiger partial charge is 0.478 e. The minimum absolute atomic E-state index is 0.562. The maximum absolute atomic E-state index is 5.43. The molecule has 5 nitrogen and oxygen atoms in total. The number of hydrogen-bond acceptors (Lipinski definition) is 6. The van der Waals surface area contributed by atoms with Crippen LogP contribution in [0.15, 0.2) is 23.2 Å². The fourth-order valence-corrected chi connectivity index (χ4v) is 1.77. The van der Waals surface area contributed by atoms with Crippen LogP contribution in [-0.2, 0) is 6.54 Å². The van der Waals surface area contributed by atoms with Gasteiger partial charge in [-0.1, -0.05) is 6.92 Å². The molecule has 2 aromatic heterocycles. The van der Waals surface area contributed by atoms with Crippen LogP contribution in [0, 0.1) is 0 Å². The summed E-state index contributed by atoms with van der Waals surface area (Å²) in [6, 6.07) is 1.75. The van der Waals surface area contributed by atoms with Gasteiger partial charge in [-0.3, -0.25) is 0 Å². The molecule has 0 atom stereocenters. The van der Waals surface area contributed by atoms with E-state index >= 15 is 0 Å². The number of aromatic nitrogens is 3. The Labute approximate surface area is 104 Å². The van der Waals surface area contributed by atoms with Gasteiger partial charge in [-0.05, 0) is 6.42 Å². The van der Waals surface area contributed by atoms with Crippen LogP contribution in [0.25, 0.3) is 0 Å². The molecule has 6 heteroatoms. The first kappa shape index (κ1) is 11.8. The van der Waals surface area contributed by atoms with Gasteiger partial charge in [0.25, 0.3) is 0 Å². The highest BCUT2D eigenvalue weighted by atomic mass is 32.1. The van der Waals surface area contributed by atoms with Crippen LogP contribution < -0.4 is 10.1 Å². The summed E-state index contributed by atoms with van der Waals surface area (Å²) in [4.78, 5) is 12.5. The van der Waals surface area contributed by atoms with Crippen LogP contribution in [0.5, 0.6) is 5.88 Å². The molecule has 2 rings (SSSR count). The van der Waals surface area contributed by atoms with Crippen molar-refractivity contribution in [3.05, 3.63) is 28.8 Å². The number of nitrogens with one attached hydrogen (secondary N) is 1. The molecule has 0 aliphatic heterocycles. The molecular weight excluding hydrogens is 236 g/mol. The zero-order valence-corrected chi connectivity index (χ0v) is 10.4. The number of hydrogen-bond donors (Lipinski definition) is 1. The Morgan fingerprint density at radius 1 is 1.41 bits per heavy atom. The summed E-state index contributed by atoms with van der Waals surface area (Å²) in [6.07, 6.45) is 2.65. The summed E-state index contributed by atoms with van der Waals surface area (Å²) >= 11 is 1.57. The number of anilines is 1. The molecule has 0 radical (unpaired) electrons. The molecule has 0 amide bonds. The normalized spacial score (nSPS) is 10.2. The molecule has 0 aromatic carbocycles. The highest BCUT2D eigenvalue weighted by molar-refractivity contribution is 7.07. The summed E-state index contributed by atoms with van der Waals surface area (Å²) in [6.45, 7) is 3.35. The summed E-state index contributed by atoms with van der Waals surface area (Å²) < 4.78 is 5.43. The fourth-order valence-electron chi connectivity index (χ4n) is 1.21. The Balaban J connectivity index is 1.91. The molecule has 0 unspecified atom stereocenters. The third-order valence-corrected chi connectivity index (χ3v) is 2.63. The smallest absolute Gasteiger partial charge is 0.226 e. The minimum atomic E-state index is 0.562. The monoisotopic (exact) mass is 250 g/mol. The molecule has 0 bridgehead atoms. The number of rotatable bonds is 6. The lowest BCUT2D eigenvalue weighted by Gasteiger charge is -2.06. The third kappa shape index (κ3) is 3.67. The van der Waals surface area contributed by atoms with Gasteiger partial charge in [0, 0.05) is 17.6 Å². The predicted octanol–water partition coefficient (Wildman–Crippen LogP) is 2.33. The van der Waals surface area contributed by atoms with Crippen molar-refractivity contribution in [2.24, 2.45) is 0 Å². The zero-order chi connectivity index (χ0) is 11.9. The van der Waals surface area contributed by atoms with E-state index in [9.17, 15) is 0 Å². The topological polar surface area (TPSA) is 59.9 Å². The van der Waals surface area contributed by atoms with Gasteiger partial charge < -0.3 is 10.1 Å². The predicted molar refractivity (Wildman–Crippen MR) is 67.3 cm³/mol. The van der Waals surface area contributed by atoms with Crippen molar-refractivity contribution in [1.29, 1.82) is 0 Å². The van der Waals surface area contributed by atoms with Crippen LogP contribution in [0.2, 0.25) is 0 Å². The molecule has 0 fully saturated rings. The quantitative estimate of drug-likeness (QED) is 0.852. The SMILES string of the molecule is CCCOc1ccnc(NCc2cscn2)n1. The van der Waals surface area contributed by atoms with E-state index in [4.69, 9.17) is 4.74 Å². The van der Waals surface area contributed by atoms with E-state index in [0.29, 0.717) is 25.0 Å². The molecule has 0 saturated heterocycles. The zero-order valence-electron chi connectivity index (χ0n) is 9.59. The van der Waals surface area contributed by atoms with Crippen molar-refractivity contribution in [2.75, 3.05) is 11.9 Å². The lowest BCUT2D eigenvalue weighted by atomic mass is 10.5. The van der Waals surface area contributed by atoms with Gasteiger partial charge in [-0.25, -0.2) is 9.97 Å². The molecule has 0 aliphatic rings. The summed E-state index contributed by atoms with van der Waals surface area (Å²) in [5, 5.41) is 5.10. The Morgan fingerprint density at radius 2 is 2.35 bits per heavy atom. The number of ether oxygens (including phenoxy) is 1. The van der Waals surface area contributed by atoms with E-state index in [1.54, 1.807) is 29.1 Å². The van der Waals surface area contributed by atoms with E-state index in [1.807, 2.05) is 5.38 Å². The van der Waals surface area contributed by atoms with E-state index in [2.05, 4.69) is 27.2 Å². The molecule has 0 saturated carbocycles. The average molecular weight is 250 g/mol. The molecule has 2 heterocycles. The number of nitrogens with zero attached hydrogens (tertiary/aromatic N) is 3. The first-order valence-electron chi connectivity index (χ1n) is 5.45. The van der Waals surface area contributed by atoms with Crippen LogP contribution in [-0.4, -0.2) is 21.6 Å². The van der Waals surface area contributed by atoms with Crippen LogP contribution in [0.3, 0.4) is 0 Å². The van der Waals surface area contributed by atoms with Gasteiger partial charge in [0.2, 0.25) is 11.8 Å². The molecule has 2 aromatic rings.